The third kappa shape index (κ3) is 22.4. The first kappa shape index (κ1) is 89.9. The lowest BCUT2D eigenvalue weighted by atomic mass is 10.0. The lowest BCUT2D eigenvalue weighted by Crippen LogP contribution is -2.35. The summed E-state index contributed by atoms with van der Waals surface area (Å²) in [6, 6.07) is 90.4. The van der Waals surface area contributed by atoms with Gasteiger partial charge in [-0.05, 0) is 234 Å². The zero-order chi connectivity index (χ0) is 91.7. The number of para-hydroxylation sites is 3. The Morgan fingerprint density at radius 3 is 1.68 bits per heavy atom. The number of phenolic OH excluding ortho intramolecular Hbond substituents is 1. The third-order valence-corrected chi connectivity index (χ3v) is 23.8. The first-order valence-electron chi connectivity index (χ1n) is 39.9. The van der Waals surface area contributed by atoms with Gasteiger partial charge in [0.05, 0.1) is 73.4 Å². The van der Waals surface area contributed by atoms with Gasteiger partial charge in [-0.15, -0.1) is 39.1 Å². The van der Waals surface area contributed by atoms with Crippen LogP contribution in [0.25, 0.3) is 63.2 Å². The molecule has 1 atom stereocenters. The number of H-pyrrole nitrogens is 2. The Hall–Kier alpha value is -15.9. The number of nitrogens with one attached hydrogen (secondary N) is 3. The van der Waals surface area contributed by atoms with Gasteiger partial charge in [0.1, 0.15) is 43.2 Å². The van der Waals surface area contributed by atoms with Crippen molar-refractivity contribution in [2.75, 3.05) is 21.5 Å². The molecule has 131 heavy (non-hydrogen) atoms. The molecule has 0 saturated carbocycles. The molecule has 16 aromatic rings. The van der Waals surface area contributed by atoms with Crippen molar-refractivity contribution in [2.24, 2.45) is 10.2 Å². The smallest absolute Gasteiger partial charge is 0.353 e. The van der Waals surface area contributed by atoms with Gasteiger partial charge in [0, 0.05) is 21.5 Å². The number of aromatic amines is 2. The number of hydrazine groups is 1. The van der Waals surface area contributed by atoms with Crippen LogP contribution >= 0.6 is 58.4 Å². The van der Waals surface area contributed by atoms with Crippen LogP contribution in [-0.2, 0) is 40.2 Å². The topological polar surface area (TPSA) is 350 Å². The zero-order valence-corrected chi connectivity index (χ0v) is 74.2. The van der Waals surface area contributed by atoms with Crippen LogP contribution in [0.2, 0.25) is 0 Å². The number of amides is 4. The quantitative estimate of drug-likeness (QED) is 0.0175. The van der Waals surface area contributed by atoms with Gasteiger partial charge in [0.2, 0.25) is 5.89 Å². The molecule has 650 valence electrons. The van der Waals surface area contributed by atoms with Gasteiger partial charge in [0.15, 0.2) is 16.4 Å². The van der Waals surface area contributed by atoms with E-state index in [2.05, 4.69) is 36.8 Å². The predicted molar refractivity (Wildman–Crippen MR) is 514 cm³/mol. The molecule has 9 heterocycles. The van der Waals surface area contributed by atoms with Gasteiger partial charge in [-0.1, -0.05) is 176 Å². The highest BCUT2D eigenvalue weighted by atomic mass is 32.2. The molecular formula is C99H74N12O14S6. The number of ketones is 1. The molecule has 6 aromatic heterocycles. The molecule has 0 bridgehead atoms. The Morgan fingerprint density at radius 2 is 1.09 bits per heavy atom. The highest BCUT2D eigenvalue weighted by Gasteiger charge is 2.36. The van der Waals surface area contributed by atoms with Gasteiger partial charge >= 0.3 is 17.9 Å². The maximum atomic E-state index is 12.9. The van der Waals surface area contributed by atoms with Gasteiger partial charge in [-0.3, -0.25) is 44.2 Å². The summed E-state index contributed by atoms with van der Waals surface area (Å²) in [7, 11) is -2.82. The lowest BCUT2D eigenvalue weighted by Gasteiger charge is -2.14. The second-order valence-electron chi connectivity index (χ2n) is 28.9. The summed E-state index contributed by atoms with van der Waals surface area (Å²) >= 11 is 14.2. The largest absolute Gasteiger partial charge is 0.507 e. The van der Waals surface area contributed by atoms with E-state index in [1.54, 1.807) is 188 Å². The van der Waals surface area contributed by atoms with E-state index in [0.29, 0.717) is 105 Å². The molecule has 0 aliphatic carbocycles. The number of anilines is 3. The number of hydrogen-bond acceptors (Lipinski definition) is 23. The Kier molecular flexibility index (Phi) is 28.3. The number of aryl methyl sites for hydroxylation is 1. The second kappa shape index (κ2) is 41.2. The average Bonchev–Trinajstić information content (AvgIpc) is 1.42. The third-order valence-electron chi connectivity index (χ3n) is 19.7. The highest BCUT2D eigenvalue weighted by Crippen LogP contribution is 2.35. The number of Topliss-reactive ketones (excluding diaryl/α,β-unsaturated/α-hetero) is 1. The van der Waals surface area contributed by atoms with Crippen LogP contribution in [-0.4, -0.2) is 105 Å². The van der Waals surface area contributed by atoms with E-state index in [0.717, 1.165) is 44.4 Å². The number of phenols is 1. The van der Waals surface area contributed by atoms with Crippen molar-refractivity contribution in [1.29, 1.82) is 0 Å². The molecule has 4 amide bonds. The number of rotatable bonds is 18. The first-order chi connectivity index (χ1) is 63.4. The standard InChI is InChI=1S/C23H19N3O4S2.C22H16N2O4S.C22H15NO4S.C17H11N3OS.C15H13N3OS/c1-15-20(22(27)26(25-15)17-7-11-19(12-8-17)32(2,24)29)14-16-5-9-18(10-6-16)30-23(28)21-4-3-13-31-21;1-14-5-2-7-16(11-14)24-21(26)18(20(25)23-24)13-15-6-3-8-17(12-15)28-22(27)19-9-4-10-29-19;24-19-14-23(16-7-2-1-3-8-16)21(25)18(19)13-15-6-4-9-17(12-15)27-22(26)20-10-5-11-28-20;22-17-20-19-16(21-17)13-10-15(11-6-2-1-3-7-11)18-14-9-5-4-8-12(13)14;19-13-9-5-4-8-12(13)14-16-17-15(20)18(14)10-11-6-2-1-3-7-11/h3-14H,2H2,1H3,(H2,24,29);2-13H,1H3,(H,23,25);1-13H,14H2;1-10H,(H,20,22);1-9,19H,10H2,(H,17,20)/b20-14-;2*18-13-;;. The Balaban J connectivity index is 0.000000126. The number of carbonyl (C=O) groups is 8. The van der Waals surface area contributed by atoms with E-state index < -0.39 is 39.4 Å². The molecule has 3 aliphatic rings. The molecule has 0 spiro atoms. The Bertz CT molecular complexity index is 7340. The van der Waals surface area contributed by atoms with E-state index in [-0.39, 0.29) is 45.9 Å². The Labute approximate surface area is 771 Å². The van der Waals surface area contributed by atoms with Gasteiger partial charge in [0.25, 0.3) is 28.5 Å². The number of nitrogens with two attached hydrogens (primary N) is 1. The van der Waals surface area contributed by atoms with Crippen molar-refractivity contribution in [3.63, 3.8) is 0 Å². The summed E-state index contributed by atoms with van der Waals surface area (Å²) in [5.41, 5.74) is 13.9. The first-order valence-corrected chi connectivity index (χ1v) is 45.1. The molecule has 26 nitrogen and oxygen atoms in total. The molecule has 6 N–H and O–H groups in total. The average molecular weight is 1850 g/mol. The van der Waals surface area contributed by atoms with Crippen LogP contribution in [0, 0.1) is 16.5 Å². The SMILES string of the molecule is C=S(N)(=O)c1ccc(N2N=C(C)/C(=C/c3ccc(OC(=O)c4cccs4)cc3)C2=O)cc1.Cc1cccc(N2NC(=O)/C(=C/c3cccc(OC(=O)c4cccs4)c3)C2=O)c1.O=C1CN(c2ccccc2)C(=O)/C1=C\c1cccc(OC(=O)c2cccs2)c1.Oc1ccccc1-c1n[nH]c(=S)n1Cc1ccccc1.S=c1[nH]nc(-c2cc(-c3ccccc3)nc3ccccc23)o1. The predicted octanol–water partition coefficient (Wildman–Crippen LogP) is 19.4. The van der Waals surface area contributed by atoms with Crippen LogP contribution in [0.4, 0.5) is 17.1 Å². The van der Waals surface area contributed by atoms with Gasteiger partial charge < -0.3 is 28.6 Å². The van der Waals surface area contributed by atoms with Crippen molar-refractivity contribution in [1.82, 2.24) is 35.4 Å². The number of hydrazone groups is 1. The summed E-state index contributed by atoms with van der Waals surface area (Å²) in [6.45, 7) is 4.28. The number of pyridine rings is 1. The van der Waals surface area contributed by atoms with Crippen molar-refractivity contribution in [3.8, 4) is 57.1 Å². The second-order valence-corrected chi connectivity index (χ2v) is 34.4. The van der Waals surface area contributed by atoms with Gasteiger partial charge in [-0.2, -0.15) is 15.2 Å². The van der Waals surface area contributed by atoms with Crippen molar-refractivity contribution < 1.29 is 66.3 Å². The van der Waals surface area contributed by atoms with Crippen LogP contribution in [0.3, 0.4) is 0 Å². The molecule has 3 aliphatic heterocycles. The van der Waals surface area contributed by atoms with Crippen LogP contribution in [0.15, 0.2) is 351 Å². The van der Waals surface area contributed by atoms with E-state index >= 15 is 0 Å². The summed E-state index contributed by atoms with van der Waals surface area (Å²) in [6.07, 6.45) is 4.75. The van der Waals surface area contributed by atoms with E-state index in [1.165, 1.54) is 61.1 Å². The maximum absolute atomic E-state index is 12.9. The summed E-state index contributed by atoms with van der Waals surface area (Å²) in [5.74, 6) is 2.75. The number of ether oxygens (including phenoxy) is 3. The number of carbonyl (C=O) groups excluding carboxylic acids is 8. The number of benzene rings is 10. The number of thiophene rings is 3. The monoisotopic (exact) mass is 1850 g/mol. The number of aromatic hydroxyl groups is 1. The zero-order valence-electron chi connectivity index (χ0n) is 69.3. The minimum absolute atomic E-state index is 0.00763. The van der Waals surface area contributed by atoms with Gasteiger partial charge in [-0.25, -0.2) is 33.7 Å². The van der Waals surface area contributed by atoms with E-state index in [4.69, 9.17) is 53.2 Å². The van der Waals surface area contributed by atoms with E-state index in [9.17, 15) is 47.7 Å². The molecule has 2 fully saturated rings. The number of esters is 3. The summed E-state index contributed by atoms with van der Waals surface area (Å²) in [4.78, 5) is 108. The van der Waals surface area contributed by atoms with Crippen molar-refractivity contribution in [2.45, 2.75) is 25.3 Å². The van der Waals surface area contributed by atoms with Crippen molar-refractivity contribution in [3.05, 3.63) is 388 Å². The number of aromatic nitrogens is 6. The molecule has 1 unspecified atom stereocenters. The van der Waals surface area contributed by atoms with E-state index in [1.807, 2.05) is 156 Å². The maximum Gasteiger partial charge on any atom is 0.353 e. The molecular weight excluding hydrogens is 1770 g/mol. The fourth-order valence-corrected chi connectivity index (χ4v) is 16.1. The van der Waals surface area contributed by atoms with Crippen LogP contribution in [0.1, 0.15) is 63.8 Å². The van der Waals surface area contributed by atoms with Crippen LogP contribution < -0.4 is 39.7 Å². The molecule has 19 rings (SSSR count). The number of fused-ring (bicyclic) bond motifs is 1. The summed E-state index contributed by atoms with van der Waals surface area (Å²) in [5, 5.41) is 42.6. The fraction of sp³-hybridized carbons (Fsp3) is 0.0404. The number of nitrogens with zero attached hydrogens (tertiary/aromatic N) is 8. The highest BCUT2D eigenvalue weighted by molar-refractivity contribution is 7.98. The lowest BCUT2D eigenvalue weighted by molar-refractivity contribution is -0.118. The summed E-state index contributed by atoms with van der Waals surface area (Å²) < 4.78 is 35.8. The molecule has 0 radical (unpaired) electrons. The van der Waals surface area contributed by atoms with Crippen LogP contribution in [0.5, 0.6) is 23.0 Å². The Morgan fingerprint density at radius 1 is 0.534 bits per heavy atom. The molecule has 10 aromatic carbocycles. The normalized spacial score (nSPS) is 14.1. The minimum atomic E-state index is -2.82. The minimum Gasteiger partial charge on any atom is -0.507 e. The molecule has 2 saturated heterocycles. The molecule has 32 heteroatoms. The van der Waals surface area contributed by atoms with Crippen molar-refractivity contribution >= 4 is 173 Å². The number of hydrogen-bond donors (Lipinski definition) is 5. The fourth-order valence-electron chi connectivity index (χ4n) is 13.4.